The summed E-state index contributed by atoms with van der Waals surface area (Å²) in [5, 5.41) is 0. The summed E-state index contributed by atoms with van der Waals surface area (Å²) in [7, 11) is 0. The molecule has 1 heterocycles. The Bertz CT molecular complexity index is 534. The lowest BCUT2D eigenvalue weighted by Crippen LogP contribution is -2.31. The summed E-state index contributed by atoms with van der Waals surface area (Å²) >= 11 is 0. The van der Waals surface area contributed by atoms with Crippen LogP contribution in [0.1, 0.15) is 42.3 Å². The minimum Gasteiger partial charge on any atom is -0.271 e. The number of nitrogens with two attached hydrogens (primary N) is 1. The van der Waals surface area contributed by atoms with Crippen molar-refractivity contribution in [3.63, 3.8) is 0 Å². The van der Waals surface area contributed by atoms with Crippen molar-refractivity contribution in [1.82, 2.24) is 10.4 Å². The highest BCUT2D eigenvalue weighted by atomic mass is 15.2. The van der Waals surface area contributed by atoms with Gasteiger partial charge in [0.1, 0.15) is 0 Å². The van der Waals surface area contributed by atoms with Crippen molar-refractivity contribution in [2.45, 2.75) is 39.2 Å². The fourth-order valence-electron chi connectivity index (χ4n) is 2.44. The van der Waals surface area contributed by atoms with Crippen molar-refractivity contribution in [2.75, 3.05) is 0 Å². The molecule has 0 saturated heterocycles. The van der Waals surface area contributed by atoms with Crippen LogP contribution in [0.25, 0.3) is 0 Å². The molecule has 1 aromatic carbocycles. The third kappa shape index (κ3) is 3.44. The largest absolute Gasteiger partial charge is 0.271 e. The second-order valence-corrected chi connectivity index (χ2v) is 4.99. The molecule has 2 aromatic rings. The van der Waals surface area contributed by atoms with E-state index in [0.29, 0.717) is 0 Å². The summed E-state index contributed by atoms with van der Waals surface area (Å²) in [6.45, 7) is 4.31. The average Bonchev–Trinajstić information content (AvgIpc) is 2.53. The summed E-state index contributed by atoms with van der Waals surface area (Å²) in [4.78, 5) is 4.51. The summed E-state index contributed by atoms with van der Waals surface area (Å²) in [5.74, 6) is 5.74. The maximum absolute atomic E-state index is 5.74. The Balaban J connectivity index is 2.19. The number of pyridine rings is 1. The van der Waals surface area contributed by atoms with Gasteiger partial charge in [-0.05, 0) is 42.0 Å². The number of nitrogens with zero attached hydrogens (tertiary/aromatic N) is 1. The molecule has 0 radical (unpaired) electrons. The lowest BCUT2D eigenvalue weighted by Gasteiger charge is -2.18. The number of aromatic nitrogens is 1. The summed E-state index contributed by atoms with van der Waals surface area (Å²) in [6.07, 6.45) is 4.72. The molecule has 1 aromatic heterocycles. The third-order valence-corrected chi connectivity index (χ3v) is 3.71. The minimum absolute atomic E-state index is 0.0543. The minimum atomic E-state index is 0.0543. The van der Waals surface area contributed by atoms with Gasteiger partial charge in [0.15, 0.2) is 0 Å². The van der Waals surface area contributed by atoms with Gasteiger partial charge >= 0.3 is 0 Å². The number of hydrazine groups is 1. The van der Waals surface area contributed by atoms with E-state index < -0.39 is 0 Å². The van der Waals surface area contributed by atoms with E-state index in [9.17, 15) is 0 Å². The molecule has 2 rings (SSSR count). The van der Waals surface area contributed by atoms with E-state index in [1.54, 1.807) is 0 Å². The molecule has 1 atom stereocenters. The Morgan fingerprint density at radius 2 is 1.75 bits per heavy atom. The maximum Gasteiger partial charge on any atom is 0.0675 e. The van der Waals surface area contributed by atoms with Crippen molar-refractivity contribution < 1.29 is 0 Å². The first-order chi connectivity index (χ1) is 9.78. The van der Waals surface area contributed by atoms with E-state index in [-0.39, 0.29) is 6.04 Å². The molecule has 0 aliphatic heterocycles. The van der Waals surface area contributed by atoms with Crippen molar-refractivity contribution >= 4 is 0 Å². The first kappa shape index (κ1) is 14.7. The molecule has 3 N–H and O–H groups in total. The van der Waals surface area contributed by atoms with Gasteiger partial charge in [-0.2, -0.15) is 0 Å². The van der Waals surface area contributed by atoms with Gasteiger partial charge in [0.2, 0.25) is 0 Å². The Kier molecular flexibility index (Phi) is 5.27. The standard InChI is InChI=1S/C17H23N3/c1-3-13-7-9-14(10-8-13)12-16(20-18)17-15(4-2)6-5-11-19-17/h5-11,16,20H,3-4,12,18H2,1-2H3. The number of benzene rings is 1. The van der Waals surface area contributed by atoms with E-state index >= 15 is 0 Å². The van der Waals surface area contributed by atoms with Crippen LogP contribution in [0.15, 0.2) is 42.6 Å². The van der Waals surface area contributed by atoms with Crippen molar-refractivity contribution in [1.29, 1.82) is 0 Å². The summed E-state index contributed by atoms with van der Waals surface area (Å²) in [6, 6.07) is 12.9. The highest BCUT2D eigenvalue weighted by molar-refractivity contribution is 5.27. The lowest BCUT2D eigenvalue weighted by atomic mass is 9.98. The zero-order valence-electron chi connectivity index (χ0n) is 12.3. The Morgan fingerprint density at radius 1 is 1.05 bits per heavy atom. The molecule has 3 nitrogen and oxygen atoms in total. The molecular formula is C17H23N3. The van der Waals surface area contributed by atoms with E-state index in [4.69, 9.17) is 5.84 Å². The van der Waals surface area contributed by atoms with Crippen LogP contribution < -0.4 is 11.3 Å². The van der Waals surface area contributed by atoms with Crippen LogP contribution in [-0.4, -0.2) is 4.98 Å². The number of rotatable bonds is 6. The fourth-order valence-corrected chi connectivity index (χ4v) is 2.44. The molecular weight excluding hydrogens is 246 g/mol. The van der Waals surface area contributed by atoms with Crippen LogP contribution in [0, 0.1) is 0 Å². The molecule has 20 heavy (non-hydrogen) atoms. The Morgan fingerprint density at radius 3 is 2.35 bits per heavy atom. The molecule has 0 fully saturated rings. The number of hydrogen-bond donors (Lipinski definition) is 2. The van der Waals surface area contributed by atoms with E-state index in [0.717, 1.165) is 25.0 Å². The molecule has 0 aliphatic rings. The lowest BCUT2D eigenvalue weighted by molar-refractivity contribution is 0.533. The third-order valence-electron chi connectivity index (χ3n) is 3.71. The zero-order valence-corrected chi connectivity index (χ0v) is 12.3. The second-order valence-electron chi connectivity index (χ2n) is 4.99. The quantitative estimate of drug-likeness (QED) is 0.626. The van der Waals surface area contributed by atoms with Crippen molar-refractivity contribution in [2.24, 2.45) is 5.84 Å². The van der Waals surface area contributed by atoms with E-state index in [2.05, 4.69) is 54.6 Å². The molecule has 106 valence electrons. The van der Waals surface area contributed by atoms with Gasteiger partial charge in [-0.1, -0.05) is 44.2 Å². The van der Waals surface area contributed by atoms with E-state index in [1.165, 1.54) is 16.7 Å². The van der Waals surface area contributed by atoms with Crippen molar-refractivity contribution in [3.05, 3.63) is 65.0 Å². The Hall–Kier alpha value is -1.71. The predicted octanol–water partition coefficient (Wildman–Crippen LogP) is 2.95. The summed E-state index contributed by atoms with van der Waals surface area (Å²) in [5.41, 5.74) is 7.85. The average molecular weight is 269 g/mol. The number of aryl methyl sites for hydroxylation is 2. The molecule has 0 aliphatic carbocycles. The Labute approximate surface area is 121 Å². The number of nitrogens with one attached hydrogen (secondary N) is 1. The number of hydrogen-bond acceptors (Lipinski definition) is 3. The van der Waals surface area contributed by atoms with Crippen LogP contribution in [-0.2, 0) is 19.3 Å². The predicted molar refractivity (Wildman–Crippen MR) is 83.2 cm³/mol. The van der Waals surface area contributed by atoms with Crippen LogP contribution >= 0.6 is 0 Å². The fraction of sp³-hybridized carbons (Fsp3) is 0.353. The van der Waals surface area contributed by atoms with Gasteiger partial charge in [0.05, 0.1) is 11.7 Å². The second kappa shape index (κ2) is 7.17. The molecule has 3 heteroatoms. The maximum atomic E-state index is 5.74. The van der Waals surface area contributed by atoms with Gasteiger partial charge < -0.3 is 0 Å². The van der Waals surface area contributed by atoms with Crippen LogP contribution in [0.4, 0.5) is 0 Å². The van der Waals surface area contributed by atoms with Gasteiger partial charge in [0, 0.05) is 6.20 Å². The first-order valence-corrected chi connectivity index (χ1v) is 7.26. The van der Waals surface area contributed by atoms with Crippen LogP contribution in [0.3, 0.4) is 0 Å². The normalized spacial score (nSPS) is 12.3. The SMILES string of the molecule is CCc1ccc(CC(NN)c2ncccc2CC)cc1. The highest BCUT2D eigenvalue weighted by Gasteiger charge is 2.15. The van der Waals surface area contributed by atoms with Crippen LogP contribution in [0.5, 0.6) is 0 Å². The van der Waals surface area contributed by atoms with Gasteiger partial charge in [-0.3, -0.25) is 16.3 Å². The van der Waals surface area contributed by atoms with Gasteiger partial charge in [-0.25, -0.2) is 0 Å². The van der Waals surface area contributed by atoms with Gasteiger partial charge in [0.25, 0.3) is 0 Å². The van der Waals surface area contributed by atoms with Gasteiger partial charge in [-0.15, -0.1) is 0 Å². The summed E-state index contributed by atoms with van der Waals surface area (Å²) < 4.78 is 0. The van der Waals surface area contributed by atoms with E-state index in [1.807, 2.05) is 12.3 Å². The molecule has 1 unspecified atom stereocenters. The monoisotopic (exact) mass is 269 g/mol. The van der Waals surface area contributed by atoms with Crippen LogP contribution in [0.2, 0.25) is 0 Å². The zero-order chi connectivity index (χ0) is 14.4. The smallest absolute Gasteiger partial charge is 0.0675 e. The highest BCUT2D eigenvalue weighted by Crippen LogP contribution is 2.20. The topological polar surface area (TPSA) is 50.9 Å². The molecule has 0 amide bonds. The first-order valence-electron chi connectivity index (χ1n) is 7.26. The molecule has 0 bridgehead atoms. The van der Waals surface area contributed by atoms with Crippen molar-refractivity contribution in [3.8, 4) is 0 Å². The molecule has 0 spiro atoms. The molecule has 0 saturated carbocycles.